The number of esters is 4. The number of aliphatic hydroxyl groups is 8. The van der Waals surface area contributed by atoms with E-state index in [1.165, 1.54) is 39.7 Å². The van der Waals surface area contributed by atoms with Crippen LogP contribution in [-0.4, -0.2) is 231 Å². The SMILES string of the molecule is CCCCCCCCCCCC(=O)O[C@@H]1[C@@H](OC(=O)C=Cc2ccccc2)[C@@H](O)[C@H](O[C@@H]2[C@@H](O[C@@H]3O[C@H](CO)[C@@H](O)[C@H](O)[C@H]3O)[C@@H](OC(=O)[C@@H](C)CC)[C@H](O[C@@H]3[C@@H](O)[C@H]4OC(=O)CCCCCCCCC[C@H](CCCCC)O[C@@H]5O[C@H](C)[C@H](O)[C@H](O)[C@H]5O[C@@H]4O[C@H]3C)O[C@H]2C)O[C@H]1C. The molecule has 0 unspecified atom stereocenters. The van der Waals surface area contributed by atoms with Gasteiger partial charge in [-0.15, -0.1) is 0 Å². The molecule has 0 spiro atoms. The molecule has 8 N–H and O–H groups in total. The Labute approximate surface area is 577 Å². The summed E-state index contributed by atoms with van der Waals surface area (Å²) in [5.74, 6) is -3.93. The minimum absolute atomic E-state index is 0.0282. The highest BCUT2D eigenvalue weighted by atomic mass is 16.8. The number of unbranched alkanes of at least 4 members (excludes halogenated alkanes) is 10. The van der Waals surface area contributed by atoms with Crippen LogP contribution in [0.1, 0.15) is 215 Å². The number of rotatable bonds is 28. The van der Waals surface area contributed by atoms with Crippen LogP contribution in [0.15, 0.2) is 36.4 Å². The average molecular weight is 1400 g/mol. The molecule has 98 heavy (non-hydrogen) atoms. The van der Waals surface area contributed by atoms with Gasteiger partial charge < -0.3 is 107 Å². The molecule has 0 aliphatic carbocycles. The fourth-order valence-corrected chi connectivity index (χ4v) is 13.4. The van der Waals surface area contributed by atoms with E-state index in [9.17, 15) is 60.0 Å². The zero-order chi connectivity index (χ0) is 71.0. The molecule has 0 saturated carbocycles. The third kappa shape index (κ3) is 23.3. The maximum Gasteiger partial charge on any atom is 0.331 e. The molecule has 6 heterocycles. The van der Waals surface area contributed by atoms with Crippen molar-refractivity contribution in [3.05, 3.63) is 42.0 Å². The minimum Gasteiger partial charge on any atom is -0.455 e. The number of carbonyl (C=O) groups is 4. The molecule has 0 bridgehead atoms. The van der Waals surface area contributed by atoms with E-state index in [2.05, 4.69) is 13.8 Å². The van der Waals surface area contributed by atoms with Gasteiger partial charge in [0.1, 0.15) is 73.2 Å². The van der Waals surface area contributed by atoms with Gasteiger partial charge in [0.2, 0.25) is 0 Å². The molecular weight excluding hydrogens is 1280 g/mol. The van der Waals surface area contributed by atoms with E-state index < -0.39 is 190 Å². The summed E-state index contributed by atoms with van der Waals surface area (Å²) in [6.45, 7) is 12.8. The van der Waals surface area contributed by atoms with Crippen molar-refractivity contribution in [1.29, 1.82) is 0 Å². The summed E-state index contributed by atoms with van der Waals surface area (Å²) in [7, 11) is 0. The molecule has 0 radical (unpaired) electrons. The van der Waals surface area contributed by atoms with Crippen molar-refractivity contribution >= 4 is 30.0 Å². The van der Waals surface area contributed by atoms with Gasteiger partial charge in [0.15, 0.2) is 55.9 Å². The lowest BCUT2D eigenvalue weighted by Gasteiger charge is -2.51. The highest BCUT2D eigenvalue weighted by Crippen LogP contribution is 2.40. The van der Waals surface area contributed by atoms with Crippen LogP contribution in [0.2, 0.25) is 0 Å². The molecule has 560 valence electrons. The van der Waals surface area contributed by atoms with Crippen molar-refractivity contribution < 1.29 is 126 Å². The van der Waals surface area contributed by atoms with E-state index in [-0.39, 0.29) is 25.4 Å². The van der Waals surface area contributed by atoms with E-state index >= 15 is 0 Å². The molecule has 6 fully saturated rings. The van der Waals surface area contributed by atoms with Crippen molar-refractivity contribution in [3.8, 4) is 0 Å². The summed E-state index contributed by atoms with van der Waals surface area (Å²) in [5, 5.41) is 92.3. The van der Waals surface area contributed by atoms with Crippen molar-refractivity contribution in [2.45, 2.75) is 369 Å². The molecule has 7 rings (SSSR count). The Morgan fingerprint density at radius 3 is 1.79 bits per heavy atom. The fourth-order valence-electron chi connectivity index (χ4n) is 13.4. The van der Waals surface area contributed by atoms with Crippen molar-refractivity contribution in [2.75, 3.05) is 6.61 Å². The van der Waals surface area contributed by atoms with Gasteiger partial charge in [-0.1, -0.05) is 167 Å². The molecule has 6 aliphatic heterocycles. The summed E-state index contributed by atoms with van der Waals surface area (Å²) >= 11 is 0. The first kappa shape index (κ1) is 81.4. The Hall–Kier alpha value is -3.88. The normalized spacial score (nSPS) is 38.3. The first-order valence-electron chi connectivity index (χ1n) is 36.5. The van der Waals surface area contributed by atoms with Crippen LogP contribution >= 0.6 is 0 Å². The predicted octanol–water partition coefficient (Wildman–Crippen LogP) is 6.57. The molecule has 27 atom stereocenters. The summed E-state index contributed by atoms with van der Waals surface area (Å²) in [6.07, 6.45) is -19.0. The van der Waals surface area contributed by atoms with Gasteiger partial charge in [-0.25, -0.2) is 4.79 Å². The van der Waals surface area contributed by atoms with E-state index in [4.69, 9.17) is 66.3 Å². The Balaban J connectivity index is 1.21. The second kappa shape index (κ2) is 41.4. The molecule has 0 aromatic heterocycles. The zero-order valence-corrected chi connectivity index (χ0v) is 58.7. The van der Waals surface area contributed by atoms with E-state index in [0.717, 1.165) is 102 Å². The van der Waals surface area contributed by atoms with Crippen molar-refractivity contribution in [3.63, 3.8) is 0 Å². The molecule has 1 aromatic rings. The fraction of sp³-hybridized carbons (Fsp3) is 0.833. The van der Waals surface area contributed by atoms with Gasteiger partial charge in [-0.05, 0) is 71.4 Å². The molecule has 6 aliphatic rings. The highest BCUT2D eigenvalue weighted by molar-refractivity contribution is 5.87. The monoisotopic (exact) mass is 1400 g/mol. The van der Waals surface area contributed by atoms with Crippen LogP contribution in [0.25, 0.3) is 6.08 Å². The molecule has 26 heteroatoms. The van der Waals surface area contributed by atoms with Crippen LogP contribution in [0, 0.1) is 5.92 Å². The molecule has 6 saturated heterocycles. The van der Waals surface area contributed by atoms with Crippen LogP contribution in [-0.2, 0) is 85.5 Å². The van der Waals surface area contributed by atoms with Gasteiger partial charge >= 0.3 is 23.9 Å². The molecule has 0 amide bonds. The molecule has 1 aromatic carbocycles. The van der Waals surface area contributed by atoms with Crippen LogP contribution in [0.4, 0.5) is 0 Å². The summed E-state index contributed by atoms with van der Waals surface area (Å²) < 4.78 is 89.2. The number of aliphatic hydroxyl groups excluding tert-OH is 8. The lowest BCUT2D eigenvalue weighted by molar-refractivity contribution is -0.400. The summed E-state index contributed by atoms with van der Waals surface area (Å²) in [5.41, 5.74) is 0.657. The second-order valence-electron chi connectivity index (χ2n) is 27.5. The van der Waals surface area contributed by atoms with E-state index in [1.54, 1.807) is 51.1 Å². The Morgan fingerprint density at radius 1 is 0.520 bits per heavy atom. The van der Waals surface area contributed by atoms with Crippen molar-refractivity contribution in [1.82, 2.24) is 0 Å². The largest absolute Gasteiger partial charge is 0.455 e. The molecular formula is C72H116O26. The van der Waals surface area contributed by atoms with Crippen molar-refractivity contribution in [2.24, 2.45) is 5.92 Å². The van der Waals surface area contributed by atoms with Gasteiger partial charge in [-0.3, -0.25) is 14.4 Å². The van der Waals surface area contributed by atoms with E-state index in [0.29, 0.717) is 31.2 Å². The first-order chi connectivity index (χ1) is 47.1. The number of ether oxygens (including phenoxy) is 14. The van der Waals surface area contributed by atoms with Crippen LogP contribution < -0.4 is 0 Å². The quantitative estimate of drug-likeness (QED) is 0.0190. The minimum atomic E-state index is -2.06. The summed E-state index contributed by atoms with van der Waals surface area (Å²) in [4.78, 5) is 55.8. The Kier molecular flexibility index (Phi) is 34.4. The number of fused-ring (bicyclic) bond motifs is 2. The maximum atomic E-state index is 14.4. The Bertz CT molecular complexity index is 2510. The zero-order valence-electron chi connectivity index (χ0n) is 58.7. The highest BCUT2D eigenvalue weighted by Gasteiger charge is 2.59. The van der Waals surface area contributed by atoms with Crippen LogP contribution in [0.5, 0.6) is 0 Å². The predicted molar refractivity (Wildman–Crippen MR) is 351 cm³/mol. The Morgan fingerprint density at radius 2 is 1.10 bits per heavy atom. The number of benzene rings is 1. The van der Waals surface area contributed by atoms with Crippen LogP contribution in [0.3, 0.4) is 0 Å². The third-order valence-electron chi connectivity index (χ3n) is 19.6. The lowest BCUT2D eigenvalue weighted by Crippen LogP contribution is -2.68. The third-order valence-corrected chi connectivity index (χ3v) is 19.6. The van der Waals surface area contributed by atoms with Gasteiger partial charge in [0, 0.05) is 18.9 Å². The standard InChI is InChI=1S/C72H116O26/c1-9-12-14-15-16-17-20-23-30-36-49(74)91-60-44(7)86-69(58(83)62(60)92-51(76)39-38-46-32-27-25-28-33-46)96-61-45(8)88-72(66(94-67(84)41(4)11-3)65(61)98-68-56(81)54(79)53(78)48(40-73)90-68)95-59-43(6)87-71-64(57(59)82)93-50(75)37-31-24-21-18-19-22-29-35-47(34-26-13-10-2)89-70-63(97-71)55(80)52(77)42(5)85-70/h25,27-28,32-33,38-39,41-45,47-48,52-66,68-73,77-83H,9-24,26,29-31,34-37,40H2,1-8H3/t41-,42+,43-,44-,45-,47-,48+,52-,53+,54-,55-,56+,57+,58+,59-,60-,61-,62-,63+,64+,65+,66+,68-,69-,70-,71-,72-/m0/s1. The summed E-state index contributed by atoms with van der Waals surface area (Å²) in [6, 6.07) is 8.88. The topological polar surface area (TPSA) is 359 Å². The average Bonchev–Trinajstić information content (AvgIpc) is 0.766. The van der Waals surface area contributed by atoms with Gasteiger partial charge in [0.05, 0.1) is 43.0 Å². The number of hydrogen-bond donors (Lipinski definition) is 8. The van der Waals surface area contributed by atoms with Gasteiger partial charge in [-0.2, -0.15) is 0 Å². The second-order valence-corrected chi connectivity index (χ2v) is 27.5. The van der Waals surface area contributed by atoms with Gasteiger partial charge in [0.25, 0.3) is 0 Å². The first-order valence-corrected chi connectivity index (χ1v) is 36.5. The molecule has 26 nitrogen and oxygen atoms in total. The van der Waals surface area contributed by atoms with E-state index in [1.807, 2.05) is 0 Å². The number of hydrogen-bond acceptors (Lipinski definition) is 26. The lowest BCUT2D eigenvalue weighted by atomic mass is 9.95. The smallest absolute Gasteiger partial charge is 0.331 e. The maximum absolute atomic E-state index is 14.4. The number of carbonyl (C=O) groups excluding carboxylic acids is 4.